The highest BCUT2D eigenvalue weighted by molar-refractivity contribution is 5.80. The van der Waals surface area contributed by atoms with Crippen LogP contribution in [0.5, 0.6) is 0 Å². The van der Waals surface area contributed by atoms with Gasteiger partial charge in [-0.2, -0.15) is 0 Å². The third kappa shape index (κ3) is 6.38. The van der Waals surface area contributed by atoms with Gasteiger partial charge in [-0.3, -0.25) is 4.99 Å². The molecule has 1 aliphatic heterocycles. The average Bonchev–Trinajstić information content (AvgIpc) is 2.46. The molecular weight excluding hydrogens is 320 g/mol. The minimum Gasteiger partial charge on any atom is -0.444 e. The maximum atomic E-state index is 12.0. The lowest BCUT2D eigenvalue weighted by Gasteiger charge is -2.40. The van der Waals surface area contributed by atoms with Crippen LogP contribution >= 0.6 is 0 Å². The quantitative estimate of drug-likeness (QED) is 0.530. The number of ether oxygens (including phenoxy) is 1. The molecule has 1 heterocycles. The number of rotatable bonds is 4. The van der Waals surface area contributed by atoms with E-state index < -0.39 is 11.2 Å². The van der Waals surface area contributed by atoms with Crippen LogP contribution < -0.4 is 10.6 Å². The smallest absolute Gasteiger partial charge is 0.410 e. The minimum atomic E-state index is -0.664. The Balaban J connectivity index is 1.80. The van der Waals surface area contributed by atoms with Crippen molar-refractivity contribution >= 4 is 12.1 Å². The van der Waals surface area contributed by atoms with E-state index in [0.717, 1.165) is 32.2 Å². The van der Waals surface area contributed by atoms with Gasteiger partial charge >= 0.3 is 6.09 Å². The number of nitrogens with zero attached hydrogens (tertiary/aromatic N) is 2. The molecule has 3 N–H and O–H groups in total. The van der Waals surface area contributed by atoms with E-state index in [-0.39, 0.29) is 12.1 Å². The zero-order chi connectivity index (χ0) is 18.5. The molecule has 0 atom stereocenters. The standard InChI is InChI=1S/C18H34N4O3/c1-5-19-15(20-13-18(24)9-7-6-8-10-18)21-14-11-22(12-14)16(23)25-17(2,3)4/h14,24H,5-13H2,1-4H3,(H2,19,20,21). The van der Waals surface area contributed by atoms with E-state index in [1.807, 2.05) is 27.7 Å². The van der Waals surface area contributed by atoms with Gasteiger partial charge in [0, 0.05) is 19.6 Å². The van der Waals surface area contributed by atoms with Crippen LogP contribution in [0.1, 0.15) is 59.8 Å². The Morgan fingerprint density at radius 1 is 1.28 bits per heavy atom. The fourth-order valence-electron chi connectivity index (χ4n) is 3.15. The minimum absolute atomic E-state index is 0.159. The van der Waals surface area contributed by atoms with Crippen molar-refractivity contribution in [2.24, 2.45) is 4.99 Å². The van der Waals surface area contributed by atoms with E-state index in [1.165, 1.54) is 6.42 Å². The lowest BCUT2D eigenvalue weighted by molar-refractivity contribution is 0.00692. The monoisotopic (exact) mass is 354 g/mol. The number of aliphatic hydroxyl groups is 1. The highest BCUT2D eigenvalue weighted by Gasteiger charge is 2.34. The number of hydrogen-bond donors (Lipinski definition) is 3. The summed E-state index contributed by atoms with van der Waals surface area (Å²) in [5, 5.41) is 17.1. The summed E-state index contributed by atoms with van der Waals surface area (Å²) in [5.41, 5.74) is -1.13. The van der Waals surface area contributed by atoms with Crippen LogP contribution in [0.15, 0.2) is 4.99 Å². The van der Waals surface area contributed by atoms with Crippen molar-refractivity contribution < 1.29 is 14.6 Å². The molecule has 0 aromatic carbocycles. The van der Waals surface area contributed by atoms with Crippen LogP contribution in [0.2, 0.25) is 0 Å². The molecule has 1 amide bonds. The zero-order valence-electron chi connectivity index (χ0n) is 16.1. The van der Waals surface area contributed by atoms with E-state index in [2.05, 4.69) is 15.6 Å². The highest BCUT2D eigenvalue weighted by Crippen LogP contribution is 2.28. The van der Waals surface area contributed by atoms with Crippen LogP contribution in [0, 0.1) is 0 Å². The normalized spacial score (nSPS) is 21.5. The van der Waals surface area contributed by atoms with Gasteiger partial charge in [-0.25, -0.2) is 4.79 Å². The van der Waals surface area contributed by atoms with Crippen LogP contribution in [0.3, 0.4) is 0 Å². The molecule has 7 heteroatoms. The van der Waals surface area contributed by atoms with Crippen molar-refractivity contribution in [3.05, 3.63) is 0 Å². The predicted molar refractivity (Wildman–Crippen MR) is 98.7 cm³/mol. The lowest BCUT2D eigenvalue weighted by atomic mass is 9.85. The van der Waals surface area contributed by atoms with E-state index in [9.17, 15) is 9.90 Å². The molecular formula is C18H34N4O3. The number of carbonyl (C=O) groups excluding carboxylic acids is 1. The Kier molecular flexibility index (Phi) is 6.54. The molecule has 144 valence electrons. The molecule has 25 heavy (non-hydrogen) atoms. The number of guanidine groups is 1. The Hall–Kier alpha value is -1.50. The maximum absolute atomic E-state index is 12.0. The number of amides is 1. The zero-order valence-corrected chi connectivity index (χ0v) is 16.1. The summed E-state index contributed by atoms with van der Waals surface area (Å²) >= 11 is 0. The van der Waals surface area contributed by atoms with Gasteiger partial charge in [0.2, 0.25) is 0 Å². The SMILES string of the molecule is CCNC(=NCC1(O)CCCCC1)NC1CN(C(=O)OC(C)(C)C)C1. The lowest BCUT2D eigenvalue weighted by Crippen LogP contribution is -2.63. The third-order valence-corrected chi connectivity index (χ3v) is 4.53. The first-order chi connectivity index (χ1) is 11.7. The largest absolute Gasteiger partial charge is 0.444 e. The number of nitrogens with one attached hydrogen (secondary N) is 2. The van der Waals surface area contributed by atoms with Crippen LogP contribution in [0.4, 0.5) is 4.79 Å². The van der Waals surface area contributed by atoms with Gasteiger partial charge in [0.1, 0.15) is 5.60 Å². The number of carbonyl (C=O) groups is 1. The molecule has 2 aliphatic rings. The maximum Gasteiger partial charge on any atom is 0.410 e. The van der Waals surface area contributed by atoms with Gasteiger partial charge < -0.3 is 25.4 Å². The summed E-state index contributed by atoms with van der Waals surface area (Å²) in [4.78, 5) is 18.2. The molecule has 1 aliphatic carbocycles. The molecule has 0 aromatic rings. The van der Waals surface area contributed by atoms with Crippen LogP contribution in [0.25, 0.3) is 0 Å². The van der Waals surface area contributed by atoms with Crippen molar-refractivity contribution in [2.75, 3.05) is 26.2 Å². The first kappa shape index (κ1) is 19.8. The van der Waals surface area contributed by atoms with Gasteiger partial charge in [0.05, 0.1) is 18.2 Å². The first-order valence-corrected chi connectivity index (χ1v) is 9.46. The molecule has 7 nitrogen and oxygen atoms in total. The summed E-state index contributed by atoms with van der Waals surface area (Å²) < 4.78 is 5.36. The average molecular weight is 354 g/mol. The van der Waals surface area contributed by atoms with Gasteiger partial charge in [0.15, 0.2) is 5.96 Å². The van der Waals surface area contributed by atoms with E-state index >= 15 is 0 Å². The Morgan fingerprint density at radius 2 is 1.92 bits per heavy atom. The molecule has 0 aromatic heterocycles. The second kappa shape index (κ2) is 8.25. The van der Waals surface area contributed by atoms with E-state index in [4.69, 9.17) is 4.74 Å². The first-order valence-electron chi connectivity index (χ1n) is 9.46. The summed E-state index contributed by atoms with van der Waals surface area (Å²) in [6.07, 6.45) is 4.72. The van der Waals surface area contributed by atoms with Crippen molar-refractivity contribution in [1.82, 2.24) is 15.5 Å². The van der Waals surface area contributed by atoms with Crippen molar-refractivity contribution in [2.45, 2.75) is 77.0 Å². The molecule has 0 unspecified atom stereocenters. The molecule has 0 bridgehead atoms. The van der Waals surface area contributed by atoms with Gasteiger partial charge in [-0.1, -0.05) is 19.3 Å². The highest BCUT2D eigenvalue weighted by atomic mass is 16.6. The molecule has 0 spiro atoms. The van der Waals surface area contributed by atoms with Crippen LogP contribution in [-0.4, -0.2) is 65.5 Å². The Labute approximate surface area is 151 Å². The topological polar surface area (TPSA) is 86.2 Å². The van der Waals surface area contributed by atoms with E-state index in [1.54, 1.807) is 4.90 Å². The number of aliphatic imine (C=N–C) groups is 1. The van der Waals surface area contributed by atoms with Crippen molar-refractivity contribution in [3.63, 3.8) is 0 Å². The number of likely N-dealkylation sites (tertiary alicyclic amines) is 1. The second-order valence-electron chi connectivity index (χ2n) is 8.21. The molecule has 1 saturated carbocycles. The number of hydrogen-bond acceptors (Lipinski definition) is 4. The van der Waals surface area contributed by atoms with Gasteiger partial charge in [0.25, 0.3) is 0 Å². The van der Waals surface area contributed by atoms with Crippen molar-refractivity contribution in [3.8, 4) is 0 Å². The molecule has 2 fully saturated rings. The van der Waals surface area contributed by atoms with E-state index in [0.29, 0.717) is 25.6 Å². The summed E-state index contributed by atoms with van der Waals surface area (Å²) in [6, 6.07) is 0.159. The Morgan fingerprint density at radius 3 is 2.48 bits per heavy atom. The van der Waals surface area contributed by atoms with Crippen molar-refractivity contribution in [1.29, 1.82) is 0 Å². The van der Waals surface area contributed by atoms with Gasteiger partial charge in [-0.05, 0) is 40.5 Å². The second-order valence-corrected chi connectivity index (χ2v) is 8.21. The third-order valence-electron chi connectivity index (χ3n) is 4.53. The molecule has 0 radical (unpaired) electrons. The predicted octanol–water partition coefficient (Wildman–Crippen LogP) is 1.86. The van der Waals surface area contributed by atoms with Crippen LogP contribution in [-0.2, 0) is 4.74 Å². The Bertz CT molecular complexity index is 475. The summed E-state index contributed by atoms with van der Waals surface area (Å²) in [6.45, 7) is 10.00. The fraction of sp³-hybridized carbons (Fsp3) is 0.889. The van der Waals surface area contributed by atoms with Gasteiger partial charge in [-0.15, -0.1) is 0 Å². The fourth-order valence-corrected chi connectivity index (χ4v) is 3.15. The molecule has 1 saturated heterocycles. The summed E-state index contributed by atoms with van der Waals surface area (Å²) in [7, 11) is 0. The summed E-state index contributed by atoms with van der Waals surface area (Å²) in [5.74, 6) is 0.704. The molecule has 2 rings (SSSR count).